The minimum atomic E-state index is -0.154. The first-order valence-electron chi connectivity index (χ1n) is 14.2. The van der Waals surface area contributed by atoms with Gasteiger partial charge in [-0.15, -0.1) is 0 Å². The number of unbranched alkanes of at least 4 members (excludes halogenated alkanes) is 1. The first kappa shape index (κ1) is 27.3. The molecule has 5 nitrogen and oxygen atoms in total. The van der Waals surface area contributed by atoms with Gasteiger partial charge in [0.1, 0.15) is 12.4 Å². The molecule has 2 aromatic carbocycles. The third-order valence-corrected chi connectivity index (χ3v) is 8.40. The summed E-state index contributed by atoms with van der Waals surface area (Å²) in [5.41, 5.74) is 3.60. The van der Waals surface area contributed by atoms with Gasteiger partial charge < -0.3 is 19.1 Å². The highest BCUT2D eigenvalue weighted by atomic mass is 16.5. The Morgan fingerprint density at radius 3 is 2.30 bits per heavy atom. The summed E-state index contributed by atoms with van der Waals surface area (Å²) in [5, 5.41) is 0. The standard InChI is InChI=1S/C32H45NO4/c1-6-7-8-23-9-11-25(12-10-23)32(34)33-18-17-26-19-30(35-4)31(36-5)20-28(26)29(33)21-37-27-15-13-24(14-16-27)22(2)3/h13-16,19-20,22-23,25,29H,6-12,17-18,21H2,1-5H3. The largest absolute Gasteiger partial charge is 0.493 e. The predicted molar refractivity (Wildman–Crippen MR) is 149 cm³/mol. The second-order valence-electron chi connectivity index (χ2n) is 11.1. The number of methoxy groups -OCH3 is 2. The zero-order chi connectivity index (χ0) is 26.4. The Balaban J connectivity index is 1.55. The van der Waals surface area contributed by atoms with Gasteiger partial charge in [-0.2, -0.15) is 0 Å². The Bertz CT molecular complexity index is 1020. The number of benzene rings is 2. The minimum Gasteiger partial charge on any atom is -0.493 e. The maximum atomic E-state index is 13.9. The van der Waals surface area contributed by atoms with Crippen LogP contribution in [-0.4, -0.2) is 38.2 Å². The summed E-state index contributed by atoms with van der Waals surface area (Å²) in [4.78, 5) is 16.0. The van der Waals surface area contributed by atoms with Crippen LogP contribution in [0, 0.1) is 11.8 Å². The van der Waals surface area contributed by atoms with Crippen molar-refractivity contribution in [3.8, 4) is 17.2 Å². The van der Waals surface area contributed by atoms with Crippen molar-refractivity contribution in [2.45, 2.75) is 84.1 Å². The molecule has 0 aromatic heterocycles. The molecule has 1 aliphatic carbocycles. The molecule has 1 unspecified atom stereocenters. The number of carbonyl (C=O) groups excluding carboxylic acids is 1. The number of rotatable bonds is 10. The lowest BCUT2D eigenvalue weighted by molar-refractivity contribution is -0.140. The molecule has 0 saturated heterocycles. The van der Waals surface area contributed by atoms with E-state index in [1.54, 1.807) is 14.2 Å². The van der Waals surface area contributed by atoms with Gasteiger partial charge in [0.2, 0.25) is 5.91 Å². The van der Waals surface area contributed by atoms with Crippen LogP contribution in [0.1, 0.15) is 94.4 Å². The zero-order valence-corrected chi connectivity index (χ0v) is 23.4. The van der Waals surface area contributed by atoms with Crippen molar-refractivity contribution in [1.29, 1.82) is 0 Å². The van der Waals surface area contributed by atoms with E-state index in [-0.39, 0.29) is 17.9 Å². The molecule has 1 atom stereocenters. The summed E-state index contributed by atoms with van der Waals surface area (Å²) in [6.07, 6.45) is 9.04. The maximum absolute atomic E-state index is 13.9. The molecular formula is C32H45NO4. The summed E-state index contributed by atoms with van der Waals surface area (Å²) >= 11 is 0. The molecule has 1 fully saturated rings. The highest BCUT2D eigenvalue weighted by Gasteiger charge is 2.37. The van der Waals surface area contributed by atoms with Crippen molar-refractivity contribution >= 4 is 5.91 Å². The third-order valence-electron chi connectivity index (χ3n) is 8.40. The maximum Gasteiger partial charge on any atom is 0.226 e. The lowest BCUT2D eigenvalue weighted by atomic mass is 9.78. The number of ether oxygens (including phenoxy) is 3. The molecule has 0 N–H and O–H groups in total. The molecule has 1 amide bonds. The second-order valence-corrected chi connectivity index (χ2v) is 11.1. The van der Waals surface area contributed by atoms with Crippen molar-refractivity contribution < 1.29 is 19.0 Å². The highest BCUT2D eigenvalue weighted by Crippen LogP contribution is 2.41. The van der Waals surface area contributed by atoms with Gasteiger partial charge in [0.15, 0.2) is 11.5 Å². The molecule has 0 bridgehead atoms. The molecule has 1 aliphatic heterocycles. The third kappa shape index (κ3) is 6.42. The van der Waals surface area contributed by atoms with Crippen molar-refractivity contribution in [1.82, 2.24) is 4.90 Å². The Labute approximate surface area is 223 Å². The van der Waals surface area contributed by atoms with Gasteiger partial charge in [0, 0.05) is 12.5 Å². The second kappa shape index (κ2) is 12.7. The van der Waals surface area contributed by atoms with E-state index in [1.807, 2.05) is 18.2 Å². The monoisotopic (exact) mass is 507 g/mol. The summed E-state index contributed by atoms with van der Waals surface area (Å²) in [6.45, 7) is 7.77. The van der Waals surface area contributed by atoms with E-state index in [0.717, 1.165) is 42.2 Å². The average molecular weight is 508 g/mol. The molecular weight excluding hydrogens is 462 g/mol. The van der Waals surface area contributed by atoms with E-state index in [2.05, 4.69) is 43.9 Å². The van der Waals surface area contributed by atoms with Crippen molar-refractivity contribution in [2.75, 3.05) is 27.4 Å². The molecule has 1 saturated carbocycles. The smallest absolute Gasteiger partial charge is 0.226 e. The highest BCUT2D eigenvalue weighted by molar-refractivity contribution is 5.80. The van der Waals surface area contributed by atoms with Gasteiger partial charge in [-0.05, 0) is 84.9 Å². The van der Waals surface area contributed by atoms with E-state index in [0.29, 0.717) is 24.8 Å². The SMILES string of the molecule is CCCCC1CCC(C(=O)N2CCc3cc(OC)c(OC)cc3C2COc2ccc(C(C)C)cc2)CC1. The van der Waals surface area contributed by atoms with Gasteiger partial charge in [0.05, 0.1) is 20.3 Å². The number of amides is 1. The quantitative estimate of drug-likeness (QED) is 0.338. The van der Waals surface area contributed by atoms with Crippen LogP contribution in [0.4, 0.5) is 0 Å². The van der Waals surface area contributed by atoms with Crippen LogP contribution in [0.25, 0.3) is 0 Å². The van der Waals surface area contributed by atoms with Crippen LogP contribution in [0.3, 0.4) is 0 Å². The Morgan fingerprint density at radius 1 is 1.00 bits per heavy atom. The van der Waals surface area contributed by atoms with E-state index < -0.39 is 0 Å². The molecule has 202 valence electrons. The molecule has 2 aromatic rings. The van der Waals surface area contributed by atoms with E-state index in [1.165, 1.54) is 43.2 Å². The van der Waals surface area contributed by atoms with Crippen LogP contribution in [0.15, 0.2) is 36.4 Å². The van der Waals surface area contributed by atoms with E-state index >= 15 is 0 Å². The van der Waals surface area contributed by atoms with Crippen LogP contribution < -0.4 is 14.2 Å². The minimum absolute atomic E-state index is 0.118. The van der Waals surface area contributed by atoms with Gasteiger partial charge in [0.25, 0.3) is 0 Å². The lowest BCUT2D eigenvalue weighted by Gasteiger charge is -2.40. The number of fused-ring (bicyclic) bond motifs is 1. The molecule has 4 rings (SSSR count). The number of hydrogen-bond donors (Lipinski definition) is 0. The summed E-state index contributed by atoms with van der Waals surface area (Å²) < 4.78 is 17.5. The van der Waals surface area contributed by atoms with Crippen LogP contribution in [-0.2, 0) is 11.2 Å². The molecule has 5 heteroatoms. The first-order chi connectivity index (χ1) is 17.9. The fraction of sp³-hybridized carbons (Fsp3) is 0.594. The van der Waals surface area contributed by atoms with Gasteiger partial charge in [-0.25, -0.2) is 0 Å². The van der Waals surface area contributed by atoms with Crippen molar-refractivity contribution in [3.05, 3.63) is 53.1 Å². The van der Waals surface area contributed by atoms with Crippen LogP contribution in [0.5, 0.6) is 17.2 Å². The van der Waals surface area contributed by atoms with Gasteiger partial charge >= 0.3 is 0 Å². The number of nitrogens with zero attached hydrogens (tertiary/aromatic N) is 1. The zero-order valence-electron chi connectivity index (χ0n) is 23.4. The molecule has 1 heterocycles. The Kier molecular flexibility index (Phi) is 9.39. The molecule has 0 spiro atoms. The molecule has 2 aliphatic rings. The fourth-order valence-corrected chi connectivity index (χ4v) is 6.02. The summed E-state index contributed by atoms with van der Waals surface area (Å²) in [5.74, 6) is 3.93. The first-order valence-corrected chi connectivity index (χ1v) is 14.2. The fourth-order valence-electron chi connectivity index (χ4n) is 6.02. The van der Waals surface area contributed by atoms with E-state index in [9.17, 15) is 4.79 Å². The number of hydrogen-bond acceptors (Lipinski definition) is 4. The average Bonchev–Trinajstić information content (AvgIpc) is 2.94. The summed E-state index contributed by atoms with van der Waals surface area (Å²) in [7, 11) is 3.33. The molecule has 0 radical (unpaired) electrons. The van der Waals surface area contributed by atoms with Crippen LogP contribution >= 0.6 is 0 Å². The lowest BCUT2D eigenvalue weighted by Crippen LogP contribution is -2.46. The van der Waals surface area contributed by atoms with Crippen molar-refractivity contribution in [3.63, 3.8) is 0 Å². The van der Waals surface area contributed by atoms with Gasteiger partial charge in [-0.1, -0.05) is 52.2 Å². The number of carbonyl (C=O) groups is 1. The van der Waals surface area contributed by atoms with Crippen molar-refractivity contribution in [2.24, 2.45) is 11.8 Å². The topological polar surface area (TPSA) is 48.0 Å². The van der Waals surface area contributed by atoms with Gasteiger partial charge in [-0.3, -0.25) is 4.79 Å². The molecule has 37 heavy (non-hydrogen) atoms. The van der Waals surface area contributed by atoms with Crippen LogP contribution in [0.2, 0.25) is 0 Å². The Morgan fingerprint density at radius 2 is 1.68 bits per heavy atom. The summed E-state index contributed by atoms with van der Waals surface area (Å²) in [6, 6.07) is 12.3. The predicted octanol–water partition coefficient (Wildman–Crippen LogP) is 7.33. The Hall–Kier alpha value is -2.69. The normalized spacial score (nSPS) is 21.5. The van der Waals surface area contributed by atoms with E-state index in [4.69, 9.17) is 14.2 Å².